The third-order valence-corrected chi connectivity index (χ3v) is 5.22. The quantitative estimate of drug-likeness (QED) is 0.713. The maximum absolute atomic E-state index is 13.2. The fourth-order valence-electron chi connectivity index (χ4n) is 3.63. The Hall–Kier alpha value is -2.73. The number of hydrogen-bond acceptors (Lipinski definition) is 5. The number of para-hydroxylation sites is 1. The maximum atomic E-state index is 13.2. The standard InChI is InChI=1S/C23H27NO5/c1-2-24(15-17-9-10-21-22(14-17)28-13-12-27-21)23(25)19-7-3-4-8-20(19)29-16-18-6-5-11-26-18/h3-4,7-10,14,18H,2,5-6,11-13,15-16H2,1H3. The zero-order valence-corrected chi connectivity index (χ0v) is 16.8. The number of ether oxygens (including phenoxy) is 4. The van der Waals surface area contributed by atoms with Gasteiger partial charge in [-0.1, -0.05) is 18.2 Å². The molecule has 0 aromatic heterocycles. The van der Waals surface area contributed by atoms with Gasteiger partial charge in [0.25, 0.3) is 5.91 Å². The van der Waals surface area contributed by atoms with Crippen molar-refractivity contribution in [3.63, 3.8) is 0 Å². The first-order valence-electron chi connectivity index (χ1n) is 10.3. The molecule has 2 aliphatic rings. The lowest BCUT2D eigenvalue weighted by Gasteiger charge is -2.24. The van der Waals surface area contributed by atoms with E-state index >= 15 is 0 Å². The molecule has 0 bridgehead atoms. The Morgan fingerprint density at radius 2 is 1.93 bits per heavy atom. The van der Waals surface area contributed by atoms with E-state index in [1.807, 2.05) is 49.4 Å². The number of amides is 1. The van der Waals surface area contributed by atoms with Crippen LogP contribution in [0.25, 0.3) is 0 Å². The SMILES string of the molecule is CCN(Cc1ccc2c(c1)OCCO2)C(=O)c1ccccc1OCC1CCCO1. The van der Waals surface area contributed by atoms with Gasteiger partial charge in [0.2, 0.25) is 0 Å². The van der Waals surface area contributed by atoms with Gasteiger partial charge < -0.3 is 23.8 Å². The zero-order valence-electron chi connectivity index (χ0n) is 16.8. The lowest BCUT2D eigenvalue weighted by Crippen LogP contribution is -2.31. The van der Waals surface area contributed by atoms with Crippen molar-refractivity contribution >= 4 is 5.91 Å². The highest BCUT2D eigenvalue weighted by Crippen LogP contribution is 2.31. The molecule has 1 saturated heterocycles. The molecule has 0 N–H and O–H groups in total. The summed E-state index contributed by atoms with van der Waals surface area (Å²) < 4.78 is 22.8. The van der Waals surface area contributed by atoms with E-state index in [4.69, 9.17) is 18.9 Å². The number of rotatable bonds is 7. The predicted molar refractivity (Wildman–Crippen MR) is 109 cm³/mol. The number of carbonyl (C=O) groups excluding carboxylic acids is 1. The molecule has 0 radical (unpaired) electrons. The Balaban J connectivity index is 1.47. The van der Waals surface area contributed by atoms with E-state index in [-0.39, 0.29) is 12.0 Å². The Morgan fingerprint density at radius 3 is 2.72 bits per heavy atom. The average Bonchev–Trinajstić information content (AvgIpc) is 3.29. The molecular weight excluding hydrogens is 370 g/mol. The first-order valence-corrected chi connectivity index (χ1v) is 10.3. The molecule has 1 atom stereocenters. The first-order chi connectivity index (χ1) is 14.2. The molecule has 2 heterocycles. The molecule has 1 fully saturated rings. The van der Waals surface area contributed by atoms with Gasteiger partial charge in [0, 0.05) is 19.7 Å². The second-order valence-corrected chi connectivity index (χ2v) is 7.24. The second kappa shape index (κ2) is 9.18. The third kappa shape index (κ3) is 4.65. The van der Waals surface area contributed by atoms with Crippen LogP contribution >= 0.6 is 0 Å². The third-order valence-electron chi connectivity index (χ3n) is 5.22. The van der Waals surface area contributed by atoms with Crippen LogP contribution in [0.2, 0.25) is 0 Å². The van der Waals surface area contributed by atoms with Crippen LogP contribution in [0.3, 0.4) is 0 Å². The summed E-state index contributed by atoms with van der Waals surface area (Å²) in [4.78, 5) is 15.0. The minimum absolute atomic E-state index is 0.0506. The van der Waals surface area contributed by atoms with E-state index in [0.29, 0.717) is 44.2 Å². The van der Waals surface area contributed by atoms with Gasteiger partial charge >= 0.3 is 0 Å². The molecular formula is C23H27NO5. The van der Waals surface area contributed by atoms with Crippen LogP contribution in [0.4, 0.5) is 0 Å². The number of fused-ring (bicyclic) bond motifs is 1. The highest BCUT2D eigenvalue weighted by molar-refractivity contribution is 5.96. The van der Waals surface area contributed by atoms with Gasteiger partial charge in [-0.05, 0) is 49.6 Å². The number of hydrogen-bond donors (Lipinski definition) is 0. The smallest absolute Gasteiger partial charge is 0.257 e. The van der Waals surface area contributed by atoms with E-state index in [0.717, 1.165) is 36.5 Å². The van der Waals surface area contributed by atoms with Crippen LogP contribution in [0.15, 0.2) is 42.5 Å². The minimum atomic E-state index is -0.0506. The molecule has 1 amide bonds. The highest BCUT2D eigenvalue weighted by Gasteiger charge is 2.22. The summed E-state index contributed by atoms with van der Waals surface area (Å²) in [5, 5.41) is 0. The molecule has 2 aromatic carbocycles. The second-order valence-electron chi connectivity index (χ2n) is 7.24. The Kier molecular flexibility index (Phi) is 6.20. The van der Waals surface area contributed by atoms with Crippen LogP contribution in [0, 0.1) is 0 Å². The Labute approximate surface area is 171 Å². The van der Waals surface area contributed by atoms with E-state index in [2.05, 4.69) is 0 Å². The summed E-state index contributed by atoms with van der Waals surface area (Å²) in [7, 11) is 0. The van der Waals surface area contributed by atoms with Gasteiger partial charge in [0.15, 0.2) is 11.5 Å². The van der Waals surface area contributed by atoms with Crippen LogP contribution in [-0.2, 0) is 11.3 Å². The predicted octanol–water partition coefficient (Wildman–Crippen LogP) is 3.68. The maximum Gasteiger partial charge on any atom is 0.257 e. The van der Waals surface area contributed by atoms with E-state index in [9.17, 15) is 4.79 Å². The fourth-order valence-corrected chi connectivity index (χ4v) is 3.63. The zero-order chi connectivity index (χ0) is 20.1. The van der Waals surface area contributed by atoms with E-state index in [1.165, 1.54) is 0 Å². The highest BCUT2D eigenvalue weighted by atomic mass is 16.6. The molecule has 6 heteroatoms. The van der Waals surface area contributed by atoms with Gasteiger partial charge in [0.1, 0.15) is 25.6 Å². The molecule has 4 rings (SSSR count). The lowest BCUT2D eigenvalue weighted by molar-refractivity contribution is 0.0650. The van der Waals surface area contributed by atoms with E-state index < -0.39 is 0 Å². The largest absolute Gasteiger partial charge is 0.490 e. The van der Waals surface area contributed by atoms with Gasteiger partial charge in [-0.25, -0.2) is 0 Å². The van der Waals surface area contributed by atoms with E-state index in [1.54, 1.807) is 4.90 Å². The van der Waals surface area contributed by atoms with Crippen molar-refractivity contribution in [2.75, 3.05) is 33.0 Å². The fraction of sp³-hybridized carbons (Fsp3) is 0.435. The van der Waals surface area contributed by atoms with Crippen molar-refractivity contribution in [1.82, 2.24) is 4.90 Å². The molecule has 2 aromatic rings. The van der Waals surface area contributed by atoms with Gasteiger partial charge in [0.05, 0.1) is 11.7 Å². The Bertz CT molecular complexity index is 847. The van der Waals surface area contributed by atoms with Crippen LogP contribution in [0.1, 0.15) is 35.7 Å². The van der Waals surface area contributed by atoms with Crippen molar-refractivity contribution in [1.29, 1.82) is 0 Å². The molecule has 0 spiro atoms. The topological polar surface area (TPSA) is 57.2 Å². The molecule has 1 unspecified atom stereocenters. The monoisotopic (exact) mass is 397 g/mol. The van der Waals surface area contributed by atoms with Gasteiger partial charge in [-0.15, -0.1) is 0 Å². The van der Waals surface area contributed by atoms with Gasteiger partial charge in [-0.2, -0.15) is 0 Å². The summed E-state index contributed by atoms with van der Waals surface area (Å²) in [6, 6.07) is 13.2. The molecule has 29 heavy (non-hydrogen) atoms. The summed E-state index contributed by atoms with van der Waals surface area (Å²) >= 11 is 0. The summed E-state index contributed by atoms with van der Waals surface area (Å²) in [5.41, 5.74) is 1.58. The minimum Gasteiger partial charge on any atom is -0.490 e. The summed E-state index contributed by atoms with van der Waals surface area (Å²) in [5.74, 6) is 2.04. The van der Waals surface area contributed by atoms with Crippen LogP contribution < -0.4 is 14.2 Å². The molecule has 6 nitrogen and oxygen atoms in total. The molecule has 0 saturated carbocycles. The summed E-state index contributed by atoms with van der Waals surface area (Å²) in [6.07, 6.45) is 2.17. The number of carbonyl (C=O) groups is 1. The van der Waals surface area contributed by atoms with Crippen LogP contribution in [0.5, 0.6) is 17.2 Å². The van der Waals surface area contributed by atoms with Crippen molar-refractivity contribution in [2.24, 2.45) is 0 Å². The molecule has 0 aliphatic carbocycles. The van der Waals surface area contributed by atoms with Crippen LogP contribution in [-0.4, -0.2) is 49.9 Å². The number of benzene rings is 2. The van der Waals surface area contributed by atoms with Crippen molar-refractivity contribution in [3.05, 3.63) is 53.6 Å². The number of nitrogens with zero attached hydrogens (tertiary/aromatic N) is 1. The van der Waals surface area contributed by atoms with Crippen molar-refractivity contribution in [3.8, 4) is 17.2 Å². The van der Waals surface area contributed by atoms with Crippen molar-refractivity contribution < 1.29 is 23.7 Å². The first kappa shape index (κ1) is 19.6. The van der Waals surface area contributed by atoms with Gasteiger partial charge in [-0.3, -0.25) is 4.79 Å². The molecule has 2 aliphatic heterocycles. The normalized spacial score (nSPS) is 17.8. The Morgan fingerprint density at radius 1 is 1.10 bits per heavy atom. The molecule has 154 valence electrons. The summed E-state index contributed by atoms with van der Waals surface area (Å²) in [6.45, 7) is 5.42. The average molecular weight is 397 g/mol. The lowest BCUT2D eigenvalue weighted by atomic mass is 10.1. The van der Waals surface area contributed by atoms with Crippen molar-refractivity contribution in [2.45, 2.75) is 32.4 Å².